The third-order valence-corrected chi connectivity index (χ3v) is 16.2. The predicted octanol–water partition coefficient (Wildman–Crippen LogP) is 19.5. The van der Waals surface area contributed by atoms with Gasteiger partial charge in [-0.2, -0.15) is 12.6 Å². The summed E-state index contributed by atoms with van der Waals surface area (Å²) in [6, 6.07) is 38.3. The molecule has 416 valence electrons. The average molecular weight is 1080 g/mol. The van der Waals surface area contributed by atoms with Crippen LogP contribution in [0.5, 0.6) is 0 Å². The number of H-pyrrole nitrogens is 2. The first-order valence-electron chi connectivity index (χ1n) is 28.9. The first-order valence-corrected chi connectivity index (χ1v) is 29.6. The molecule has 0 radical (unpaired) electrons. The number of rotatable bonds is 9. The van der Waals surface area contributed by atoms with Gasteiger partial charge in [-0.3, -0.25) is 4.79 Å². The van der Waals surface area contributed by atoms with Crippen LogP contribution in [0.2, 0.25) is 0 Å². The van der Waals surface area contributed by atoms with E-state index >= 15 is 0 Å². The number of amides is 1. The molecule has 0 saturated heterocycles. The lowest BCUT2D eigenvalue weighted by Gasteiger charge is -2.26. The monoisotopic (exact) mass is 1080 g/mol. The van der Waals surface area contributed by atoms with E-state index in [1.165, 1.54) is 33.4 Å². The summed E-state index contributed by atoms with van der Waals surface area (Å²) in [6.07, 6.45) is 10.6. The number of thiol groups is 1. The van der Waals surface area contributed by atoms with Gasteiger partial charge >= 0.3 is 0 Å². The standard InChI is InChI=1S/C73H87N5OS/c1-68(2,3)49-35-46(36-50(41-49)69(4,5)6)64-57-27-25-55(75-57)63(44-21-23-45(24-22-44)67(79)74-33-19-20-34-80)56-26-28-58(76-56)65(47-37-51(70(7,8)9)42-52(38-47)71(10,11)12)60-30-32-62(78-60)66(61-31-29-59(64)77-61)48-39-53(72(13,14)15)43-54(40-48)73(16,17)18/h21-32,35-43,75,78,80H,19-20,33-34H2,1-18H3,(H,74,79). The molecule has 2 aliphatic heterocycles. The van der Waals surface area contributed by atoms with Crippen molar-refractivity contribution in [1.82, 2.24) is 25.3 Å². The Bertz CT molecular complexity index is 3590. The van der Waals surface area contributed by atoms with Crippen LogP contribution in [0.15, 0.2) is 103 Å². The number of carbonyl (C=O) groups excluding carboxylic acids is 1. The van der Waals surface area contributed by atoms with Crippen LogP contribution in [-0.2, 0) is 32.5 Å². The molecule has 7 aromatic rings. The lowest BCUT2D eigenvalue weighted by atomic mass is 9.78. The molecular weight excluding hydrogens is 995 g/mol. The zero-order valence-corrected chi connectivity index (χ0v) is 52.1. The van der Waals surface area contributed by atoms with Gasteiger partial charge in [0.15, 0.2) is 0 Å². The number of benzene rings is 4. The highest BCUT2D eigenvalue weighted by Gasteiger charge is 2.28. The molecular formula is C73H87N5OS. The van der Waals surface area contributed by atoms with Crippen LogP contribution < -0.4 is 5.32 Å². The van der Waals surface area contributed by atoms with E-state index in [-0.39, 0.29) is 38.4 Å². The Morgan fingerprint density at radius 2 is 0.662 bits per heavy atom. The smallest absolute Gasteiger partial charge is 0.251 e. The van der Waals surface area contributed by atoms with Crippen LogP contribution in [0.25, 0.3) is 90.9 Å². The van der Waals surface area contributed by atoms with E-state index in [9.17, 15) is 4.79 Å². The molecule has 2 aliphatic rings. The van der Waals surface area contributed by atoms with Crippen molar-refractivity contribution in [2.45, 2.75) is 170 Å². The van der Waals surface area contributed by atoms with Crippen molar-refractivity contribution >= 4 is 64.9 Å². The van der Waals surface area contributed by atoms with Crippen LogP contribution in [0.4, 0.5) is 0 Å². The Morgan fingerprint density at radius 3 is 0.925 bits per heavy atom. The Hall–Kier alpha value is -6.70. The zero-order valence-electron chi connectivity index (χ0n) is 51.2. The highest BCUT2D eigenvalue weighted by atomic mass is 32.1. The molecule has 5 heterocycles. The van der Waals surface area contributed by atoms with Crippen LogP contribution in [-0.4, -0.2) is 38.1 Å². The van der Waals surface area contributed by atoms with Gasteiger partial charge < -0.3 is 15.3 Å². The normalized spacial score (nSPS) is 13.3. The van der Waals surface area contributed by atoms with Crippen LogP contribution in [0.3, 0.4) is 0 Å². The van der Waals surface area contributed by atoms with Gasteiger partial charge in [-0.15, -0.1) is 0 Å². The van der Waals surface area contributed by atoms with Gasteiger partial charge in [-0.25, -0.2) is 9.97 Å². The Labute approximate surface area is 483 Å². The molecule has 1 amide bonds. The van der Waals surface area contributed by atoms with Gasteiger partial charge in [0.25, 0.3) is 5.91 Å². The van der Waals surface area contributed by atoms with Crippen molar-refractivity contribution in [3.63, 3.8) is 0 Å². The summed E-state index contributed by atoms with van der Waals surface area (Å²) in [6.45, 7) is 42.0. The van der Waals surface area contributed by atoms with Gasteiger partial charge in [0.1, 0.15) is 0 Å². The van der Waals surface area contributed by atoms with Gasteiger partial charge in [0.05, 0.1) is 22.8 Å². The summed E-state index contributed by atoms with van der Waals surface area (Å²) in [7, 11) is 0. The minimum absolute atomic E-state index is 0.0869. The number of fused-ring (bicyclic) bond motifs is 8. The zero-order chi connectivity index (χ0) is 58.1. The Balaban J connectivity index is 1.48. The summed E-state index contributed by atoms with van der Waals surface area (Å²) in [5, 5.41) is 3.11. The van der Waals surface area contributed by atoms with Crippen molar-refractivity contribution in [2.24, 2.45) is 0 Å². The number of nitrogens with one attached hydrogen (secondary N) is 3. The van der Waals surface area contributed by atoms with E-state index in [4.69, 9.17) is 9.97 Å². The van der Waals surface area contributed by atoms with Crippen LogP contribution >= 0.6 is 12.6 Å². The highest BCUT2D eigenvalue weighted by molar-refractivity contribution is 7.80. The van der Waals surface area contributed by atoms with Gasteiger partial charge in [-0.1, -0.05) is 191 Å². The number of carbonyl (C=O) groups is 1. The lowest BCUT2D eigenvalue weighted by molar-refractivity contribution is 0.0953. The molecule has 80 heavy (non-hydrogen) atoms. The van der Waals surface area contributed by atoms with Crippen molar-refractivity contribution in [3.8, 4) is 44.5 Å². The molecule has 6 nitrogen and oxygen atoms in total. The summed E-state index contributed by atoms with van der Waals surface area (Å²) >= 11 is 4.37. The van der Waals surface area contributed by atoms with Crippen LogP contribution in [0.1, 0.15) is 204 Å². The molecule has 7 heteroatoms. The second-order valence-corrected chi connectivity index (χ2v) is 29.1. The second-order valence-electron chi connectivity index (χ2n) is 28.7. The van der Waals surface area contributed by atoms with Crippen LogP contribution in [0, 0.1) is 0 Å². The predicted molar refractivity (Wildman–Crippen MR) is 348 cm³/mol. The number of nitrogens with zero attached hydrogens (tertiary/aromatic N) is 2. The fourth-order valence-electron chi connectivity index (χ4n) is 10.7. The molecule has 0 saturated carbocycles. The largest absolute Gasteiger partial charge is 0.354 e. The Morgan fingerprint density at radius 1 is 0.388 bits per heavy atom. The molecule has 3 N–H and O–H groups in total. The average Bonchev–Trinajstić information content (AvgIpc) is 4.30. The second kappa shape index (κ2) is 21.3. The summed E-state index contributed by atoms with van der Waals surface area (Å²) in [4.78, 5) is 33.1. The molecule has 8 bridgehead atoms. The third kappa shape index (κ3) is 12.3. The number of hydrogen-bond acceptors (Lipinski definition) is 4. The number of hydrogen-bond donors (Lipinski definition) is 4. The summed E-state index contributed by atoms with van der Waals surface area (Å²) < 4.78 is 0. The minimum Gasteiger partial charge on any atom is -0.354 e. The SMILES string of the molecule is CC(C)(C)c1cc(-c2c3nc(c(-c4cc(C(C)(C)C)cc(C(C)(C)C)c4)c4ccc([nH]4)c(-c4cc(C(C)(C)C)cc(C(C)(C)C)c4)c4nc(c(-c5ccc(C(=O)NCCCCS)cc5)c5ccc2[nH]5)C=C4)C=C3)cc(C(C)(C)C)c1. The molecule has 0 aliphatic carbocycles. The molecule has 0 unspecified atom stereocenters. The molecule has 3 aromatic heterocycles. The van der Waals surface area contributed by atoms with E-state index in [2.05, 4.69) is 268 Å². The maximum Gasteiger partial charge on any atom is 0.251 e. The molecule has 9 rings (SSSR count). The number of aromatic amines is 2. The first kappa shape index (κ1) is 58.0. The van der Waals surface area contributed by atoms with Crippen molar-refractivity contribution in [1.29, 1.82) is 0 Å². The molecule has 0 fully saturated rings. The van der Waals surface area contributed by atoms with E-state index < -0.39 is 0 Å². The van der Waals surface area contributed by atoms with Crippen molar-refractivity contribution < 1.29 is 4.79 Å². The summed E-state index contributed by atoms with van der Waals surface area (Å²) in [5.74, 6) is 0.708. The van der Waals surface area contributed by atoms with Gasteiger partial charge in [-0.05, 0) is 167 Å². The van der Waals surface area contributed by atoms with E-state index in [0.717, 1.165) is 108 Å². The minimum atomic E-state index is -0.120. The molecule has 4 aromatic carbocycles. The van der Waals surface area contributed by atoms with Gasteiger partial charge in [0, 0.05) is 56.4 Å². The molecule has 0 spiro atoms. The quantitative estimate of drug-likeness (QED) is 0.0858. The Kier molecular flexibility index (Phi) is 15.4. The third-order valence-electron chi connectivity index (χ3n) is 15.9. The van der Waals surface area contributed by atoms with Crippen molar-refractivity contribution in [3.05, 3.63) is 165 Å². The van der Waals surface area contributed by atoms with Gasteiger partial charge in [0.2, 0.25) is 0 Å². The van der Waals surface area contributed by atoms with E-state index in [0.29, 0.717) is 12.1 Å². The number of aromatic nitrogens is 4. The summed E-state index contributed by atoms with van der Waals surface area (Å²) in [5.41, 5.74) is 23.0. The van der Waals surface area contributed by atoms with E-state index in [1.807, 2.05) is 12.1 Å². The fraction of sp³-hybridized carbons (Fsp3) is 0.384. The number of unbranched alkanes of at least 4 members (excludes halogenated alkanes) is 1. The highest BCUT2D eigenvalue weighted by Crippen LogP contribution is 2.44. The van der Waals surface area contributed by atoms with E-state index in [1.54, 1.807) is 0 Å². The maximum atomic E-state index is 13.5. The first-order chi connectivity index (χ1) is 37.3. The van der Waals surface area contributed by atoms with Crippen molar-refractivity contribution in [2.75, 3.05) is 12.3 Å². The topological polar surface area (TPSA) is 86.5 Å². The molecule has 0 atom stereocenters. The maximum absolute atomic E-state index is 13.5. The fourth-order valence-corrected chi connectivity index (χ4v) is 10.9. The lowest BCUT2D eigenvalue weighted by Crippen LogP contribution is -2.24.